The van der Waals surface area contributed by atoms with Crippen LogP contribution < -0.4 is 5.73 Å². The van der Waals surface area contributed by atoms with Crippen LogP contribution in [0.15, 0.2) is 24.3 Å². The van der Waals surface area contributed by atoms with E-state index in [0.29, 0.717) is 0 Å². The van der Waals surface area contributed by atoms with Crippen molar-refractivity contribution in [1.29, 1.82) is 0 Å². The van der Waals surface area contributed by atoms with Crippen LogP contribution >= 0.6 is 0 Å². The highest BCUT2D eigenvalue weighted by molar-refractivity contribution is 5.57. The number of para-hydroxylation sites is 2. The molecule has 0 atom stereocenters. The Morgan fingerprint density at radius 1 is 1.36 bits per heavy atom. The Morgan fingerprint density at radius 3 is 2.27 bits per heavy atom. The van der Waals surface area contributed by atoms with Gasteiger partial charge in [-0.05, 0) is 6.07 Å². The van der Waals surface area contributed by atoms with Crippen LogP contribution in [0.3, 0.4) is 0 Å². The molecule has 0 bridgehead atoms. The zero-order valence-corrected chi connectivity index (χ0v) is 5.65. The number of rotatable bonds is 1. The molecule has 0 saturated carbocycles. The summed E-state index contributed by atoms with van der Waals surface area (Å²) >= 11 is 0. The van der Waals surface area contributed by atoms with Crippen molar-refractivity contribution < 1.29 is 10.4 Å². The van der Waals surface area contributed by atoms with Gasteiger partial charge in [-0.3, -0.25) is 10.1 Å². The van der Waals surface area contributed by atoms with E-state index in [9.17, 15) is 10.1 Å². The summed E-state index contributed by atoms with van der Waals surface area (Å²) in [5.41, 5.74) is 5.44. The number of hydrogen-bond acceptors (Lipinski definition) is 3. The van der Waals surface area contributed by atoms with Crippen molar-refractivity contribution in [1.82, 2.24) is 0 Å². The summed E-state index contributed by atoms with van der Waals surface area (Å²) in [6.45, 7) is 0. The molecule has 4 N–H and O–H groups in total. The summed E-state index contributed by atoms with van der Waals surface area (Å²) in [4.78, 5) is 9.64. The second-order valence-electron chi connectivity index (χ2n) is 1.82. The van der Waals surface area contributed by atoms with Crippen LogP contribution in [-0.4, -0.2) is 10.4 Å². The first-order valence-electron chi connectivity index (χ1n) is 2.70. The maximum atomic E-state index is 10.1. The minimum Gasteiger partial charge on any atom is -0.412 e. The molecule has 0 spiro atoms. The second kappa shape index (κ2) is 3.52. The normalized spacial score (nSPS) is 8.36. The fraction of sp³-hybridized carbons (Fsp3) is 0. The van der Waals surface area contributed by atoms with Gasteiger partial charge in [-0.15, -0.1) is 0 Å². The van der Waals surface area contributed by atoms with Gasteiger partial charge in [-0.2, -0.15) is 0 Å². The summed E-state index contributed by atoms with van der Waals surface area (Å²) in [7, 11) is 0. The van der Waals surface area contributed by atoms with Crippen LogP contribution in [-0.2, 0) is 0 Å². The number of nitro benzene ring substituents is 1. The van der Waals surface area contributed by atoms with Gasteiger partial charge in [0.1, 0.15) is 5.69 Å². The molecule has 5 nitrogen and oxygen atoms in total. The third-order valence-electron chi connectivity index (χ3n) is 1.13. The molecule has 0 radical (unpaired) electrons. The molecule has 11 heavy (non-hydrogen) atoms. The third kappa shape index (κ3) is 1.91. The Balaban J connectivity index is 0.000001000. The number of hydrogen-bond donors (Lipinski definition) is 1. The highest BCUT2D eigenvalue weighted by Crippen LogP contribution is 2.18. The lowest BCUT2D eigenvalue weighted by Crippen LogP contribution is -1.93. The van der Waals surface area contributed by atoms with Crippen LogP contribution in [0.25, 0.3) is 0 Å². The zero-order valence-electron chi connectivity index (χ0n) is 5.65. The summed E-state index contributed by atoms with van der Waals surface area (Å²) < 4.78 is 0. The molecule has 0 fully saturated rings. The van der Waals surface area contributed by atoms with Crippen molar-refractivity contribution in [2.24, 2.45) is 0 Å². The molecule has 1 aromatic carbocycles. The largest absolute Gasteiger partial charge is 0.412 e. The van der Waals surface area contributed by atoms with E-state index in [1.54, 1.807) is 12.1 Å². The van der Waals surface area contributed by atoms with Gasteiger partial charge in [-0.25, -0.2) is 0 Å². The van der Waals surface area contributed by atoms with Gasteiger partial charge in [0.05, 0.1) is 4.92 Å². The first-order chi connectivity index (χ1) is 4.72. The Labute approximate surface area is 62.9 Å². The van der Waals surface area contributed by atoms with Crippen molar-refractivity contribution in [3.05, 3.63) is 34.4 Å². The lowest BCUT2D eigenvalue weighted by Gasteiger charge is -1.92. The standard InChI is InChI=1S/C6H6N2O2.H2O/c7-5-3-1-2-4-6(5)8(9)10;/h1-4H,7H2;1H2. The Hall–Kier alpha value is -1.62. The highest BCUT2D eigenvalue weighted by Gasteiger charge is 2.07. The molecule has 0 amide bonds. The maximum Gasteiger partial charge on any atom is 0.292 e. The van der Waals surface area contributed by atoms with Gasteiger partial charge in [0.15, 0.2) is 0 Å². The van der Waals surface area contributed by atoms with E-state index in [0.717, 1.165) is 0 Å². The molecule has 0 heterocycles. The number of benzene rings is 1. The van der Waals surface area contributed by atoms with Crippen LogP contribution in [0.2, 0.25) is 0 Å². The summed E-state index contributed by atoms with van der Waals surface area (Å²) in [6.07, 6.45) is 0. The molecule has 0 aliphatic heterocycles. The number of nitrogens with zero attached hydrogens (tertiary/aromatic N) is 1. The smallest absolute Gasteiger partial charge is 0.292 e. The first kappa shape index (κ1) is 9.38. The minimum absolute atomic E-state index is 0. The van der Waals surface area contributed by atoms with E-state index < -0.39 is 4.92 Å². The second-order valence-corrected chi connectivity index (χ2v) is 1.82. The van der Waals surface area contributed by atoms with E-state index in [1.165, 1.54) is 12.1 Å². The Kier molecular flexibility index (Phi) is 3.01. The van der Waals surface area contributed by atoms with Gasteiger partial charge < -0.3 is 11.2 Å². The van der Waals surface area contributed by atoms with Crippen LogP contribution in [0, 0.1) is 10.1 Å². The van der Waals surface area contributed by atoms with E-state index in [4.69, 9.17) is 5.73 Å². The van der Waals surface area contributed by atoms with Crippen LogP contribution in [0.1, 0.15) is 0 Å². The number of nitro groups is 1. The number of anilines is 1. The van der Waals surface area contributed by atoms with Gasteiger partial charge >= 0.3 is 0 Å². The molecule has 5 heteroatoms. The summed E-state index contributed by atoms with van der Waals surface area (Å²) in [5, 5.41) is 10.1. The third-order valence-corrected chi connectivity index (χ3v) is 1.13. The highest BCUT2D eigenvalue weighted by atomic mass is 16.6. The predicted octanol–water partition coefficient (Wildman–Crippen LogP) is 0.352. The molecule has 1 rings (SSSR count). The Bertz CT molecular complexity index is 262. The number of nitrogens with two attached hydrogens (primary N) is 1. The number of nitrogen functional groups attached to an aromatic ring is 1. The molecular weight excluding hydrogens is 148 g/mol. The first-order valence-corrected chi connectivity index (χ1v) is 2.70. The quantitative estimate of drug-likeness (QED) is 0.360. The van der Waals surface area contributed by atoms with Crippen molar-refractivity contribution in [2.45, 2.75) is 0 Å². The van der Waals surface area contributed by atoms with E-state index in [2.05, 4.69) is 0 Å². The topological polar surface area (TPSA) is 101 Å². The molecule has 60 valence electrons. The minimum atomic E-state index is -0.505. The molecular formula is C6H8N2O3. The average molecular weight is 156 g/mol. The van der Waals surface area contributed by atoms with Crippen molar-refractivity contribution >= 4 is 11.4 Å². The maximum absolute atomic E-state index is 10.1. The molecule has 0 unspecified atom stereocenters. The predicted molar refractivity (Wildman–Crippen MR) is 41.1 cm³/mol. The van der Waals surface area contributed by atoms with E-state index in [-0.39, 0.29) is 16.9 Å². The molecule has 0 aliphatic rings. The van der Waals surface area contributed by atoms with Gasteiger partial charge in [-0.1, -0.05) is 12.1 Å². The Morgan fingerprint density at radius 2 is 1.91 bits per heavy atom. The van der Waals surface area contributed by atoms with Crippen molar-refractivity contribution in [2.75, 3.05) is 5.73 Å². The fourth-order valence-electron chi connectivity index (χ4n) is 0.654. The monoisotopic (exact) mass is 156 g/mol. The SMILES string of the molecule is Nc1ccccc1[N+](=O)[O-].O. The molecule has 0 aliphatic carbocycles. The van der Waals surface area contributed by atoms with Crippen molar-refractivity contribution in [3.63, 3.8) is 0 Å². The molecule has 0 saturated heterocycles. The van der Waals surface area contributed by atoms with E-state index >= 15 is 0 Å². The lowest BCUT2D eigenvalue weighted by molar-refractivity contribution is -0.383. The summed E-state index contributed by atoms with van der Waals surface area (Å²) in [5.74, 6) is 0. The van der Waals surface area contributed by atoms with Crippen LogP contribution in [0.4, 0.5) is 11.4 Å². The average Bonchev–Trinajstić information content (AvgIpc) is 1.88. The molecule has 1 aromatic rings. The lowest BCUT2D eigenvalue weighted by atomic mass is 10.3. The summed E-state index contributed by atoms with van der Waals surface area (Å²) in [6, 6.07) is 6.10. The van der Waals surface area contributed by atoms with Gasteiger partial charge in [0, 0.05) is 6.07 Å². The van der Waals surface area contributed by atoms with Gasteiger partial charge in [0.25, 0.3) is 5.69 Å². The fourth-order valence-corrected chi connectivity index (χ4v) is 0.654. The molecule has 0 aromatic heterocycles. The van der Waals surface area contributed by atoms with Crippen molar-refractivity contribution in [3.8, 4) is 0 Å². The van der Waals surface area contributed by atoms with Crippen LogP contribution in [0.5, 0.6) is 0 Å². The zero-order chi connectivity index (χ0) is 7.56. The van der Waals surface area contributed by atoms with Gasteiger partial charge in [0.2, 0.25) is 0 Å². The van der Waals surface area contributed by atoms with E-state index in [1.807, 2.05) is 0 Å².